The first-order chi connectivity index (χ1) is 12.0. The molecule has 0 bridgehead atoms. The number of H-pyrrole nitrogens is 1. The molecule has 25 heavy (non-hydrogen) atoms. The van der Waals surface area contributed by atoms with E-state index < -0.39 is 30.1 Å². The van der Waals surface area contributed by atoms with E-state index in [9.17, 15) is 15.0 Å². The SMILES string of the molecule is CO[C@@H]1[C@H](O)[C@@H](CO)O[C@H]1n1cnc2c(=O)[nH]c(N=CN(C)C)nc21. The molecule has 0 amide bonds. The van der Waals surface area contributed by atoms with Crippen LogP contribution in [0.1, 0.15) is 6.23 Å². The van der Waals surface area contributed by atoms with Crippen LogP contribution in [0.3, 0.4) is 0 Å². The number of aromatic nitrogens is 4. The van der Waals surface area contributed by atoms with Crippen molar-refractivity contribution in [3.8, 4) is 0 Å². The number of hydrogen-bond donors (Lipinski definition) is 3. The van der Waals surface area contributed by atoms with Crippen molar-refractivity contribution in [2.45, 2.75) is 24.5 Å². The monoisotopic (exact) mass is 352 g/mol. The summed E-state index contributed by atoms with van der Waals surface area (Å²) in [5, 5.41) is 19.5. The smallest absolute Gasteiger partial charge is 0.280 e. The van der Waals surface area contributed by atoms with Crippen LogP contribution in [-0.4, -0.2) is 87.1 Å². The molecule has 2 aromatic heterocycles. The molecule has 0 unspecified atom stereocenters. The molecule has 11 nitrogen and oxygen atoms in total. The fourth-order valence-corrected chi connectivity index (χ4v) is 2.68. The Balaban J connectivity index is 2.06. The van der Waals surface area contributed by atoms with Gasteiger partial charge in [0.25, 0.3) is 5.56 Å². The number of aliphatic imine (C=N–C) groups is 1. The van der Waals surface area contributed by atoms with E-state index in [-0.39, 0.29) is 23.7 Å². The number of aliphatic hydroxyl groups is 2. The molecule has 4 atom stereocenters. The number of aliphatic hydroxyl groups excluding tert-OH is 2. The molecule has 0 radical (unpaired) electrons. The minimum Gasteiger partial charge on any atom is -0.394 e. The van der Waals surface area contributed by atoms with E-state index in [1.807, 2.05) is 0 Å². The van der Waals surface area contributed by atoms with E-state index in [1.54, 1.807) is 19.0 Å². The second-order valence-corrected chi connectivity index (χ2v) is 5.86. The highest BCUT2D eigenvalue weighted by Gasteiger charge is 2.45. The minimum atomic E-state index is -1.02. The summed E-state index contributed by atoms with van der Waals surface area (Å²) >= 11 is 0. The van der Waals surface area contributed by atoms with Gasteiger partial charge in [0, 0.05) is 21.2 Å². The van der Waals surface area contributed by atoms with Crippen molar-refractivity contribution >= 4 is 23.5 Å². The molecule has 1 saturated heterocycles. The third-order valence-electron chi connectivity index (χ3n) is 3.87. The van der Waals surface area contributed by atoms with E-state index in [1.165, 1.54) is 24.3 Å². The van der Waals surface area contributed by atoms with Crippen LogP contribution in [0.2, 0.25) is 0 Å². The number of fused-ring (bicyclic) bond motifs is 1. The molecule has 136 valence electrons. The lowest BCUT2D eigenvalue weighted by Crippen LogP contribution is -2.34. The van der Waals surface area contributed by atoms with Gasteiger partial charge in [-0.15, -0.1) is 0 Å². The number of ether oxygens (including phenoxy) is 2. The lowest BCUT2D eigenvalue weighted by molar-refractivity contribution is -0.0583. The van der Waals surface area contributed by atoms with Gasteiger partial charge in [-0.1, -0.05) is 0 Å². The largest absolute Gasteiger partial charge is 0.394 e. The van der Waals surface area contributed by atoms with Crippen LogP contribution in [0.15, 0.2) is 16.1 Å². The van der Waals surface area contributed by atoms with E-state index in [0.717, 1.165) is 0 Å². The van der Waals surface area contributed by atoms with Crippen molar-refractivity contribution in [2.75, 3.05) is 27.8 Å². The molecule has 0 aromatic carbocycles. The normalized spacial score (nSPS) is 26.8. The number of imidazole rings is 1. The van der Waals surface area contributed by atoms with Crippen molar-refractivity contribution < 1.29 is 19.7 Å². The first-order valence-corrected chi connectivity index (χ1v) is 7.61. The summed E-state index contributed by atoms with van der Waals surface area (Å²) < 4.78 is 12.4. The summed E-state index contributed by atoms with van der Waals surface area (Å²) in [5.74, 6) is 0.110. The molecule has 0 saturated carbocycles. The zero-order valence-electron chi connectivity index (χ0n) is 14.0. The second-order valence-electron chi connectivity index (χ2n) is 5.86. The molecule has 1 fully saturated rings. The van der Waals surface area contributed by atoms with Crippen LogP contribution < -0.4 is 5.56 Å². The highest BCUT2D eigenvalue weighted by atomic mass is 16.6. The third kappa shape index (κ3) is 3.14. The van der Waals surface area contributed by atoms with Crippen molar-refractivity contribution in [3.05, 3.63) is 16.7 Å². The van der Waals surface area contributed by atoms with Gasteiger partial charge in [-0.25, -0.2) is 9.98 Å². The Labute approximate surface area is 142 Å². The summed E-state index contributed by atoms with van der Waals surface area (Å²) in [7, 11) is 5.00. The number of methoxy groups -OCH3 is 1. The molecule has 0 aliphatic carbocycles. The molecule has 0 spiro atoms. The van der Waals surface area contributed by atoms with Gasteiger partial charge in [-0.2, -0.15) is 4.98 Å². The lowest BCUT2D eigenvalue weighted by atomic mass is 10.1. The quantitative estimate of drug-likeness (QED) is 0.441. The summed E-state index contributed by atoms with van der Waals surface area (Å²) in [6, 6.07) is 0. The highest BCUT2D eigenvalue weighted by molar-refractivity contribution is 5.71. The molecule has 1 aliphatic rings. The number of nitrogens with one attached hydrogen (secondary N) is 1. The Hall–Kier alpha value is -2.34. The highest BCUT2D eigenvalue weighted by Crippen LogP contribution is 2.32. The first-order valence-electron chi connectivity index (χ1n) is 7.61. The van der Waals surface area contributed by atoms with E-state index in [4.69, 9.17) is 9.47 Å². The summed E-state index contributed by atoms with van der Waals surface area (Å²) in [4.78, 5) is 28.9. The van der Waals surface area contributed by atoms with Crippen molar-refractivity contribution in [1.82, 2.24) is 24.4 Å². The van der Waals surface area contributed by atoms with Gasteiger partial charge in [-0.05, 0) is 0 Å². The topological polar surface area (TPSA) is 138 Å². The maximum absolute atomic E-state index is 12.2. The van der Waals surface area contributed by atoms with Crippen molar-refractivity contribution in [1.29, 1.82) is 0 Å². The van der Waals surface area contributed by atoms with Gasteiger partial charge in [0.05, 0.1) is 19.3 Å². The Morgan fingerprint density at radius 3 is 2.96 bits per heavy atom. The lowest BCUT2D eigenvalue weighted by Gasteiger charge is -2.19. The molecule has 2 aromatic rings. The van der Waals surface area contributed by atoms with Crippen LogP contribution in [-0.2, 0) is 9.47 Å². The maximum Gasteiger partial charge on any atom is 0.280 e. The molecule has 3 rings (SSSR count). The molecule has 3 N–H and O–H groups in total. The van der Waals surface area contributed by atoms with Crippen LogP contribution in [0, 0.1) is 0 Å². The standard InChI is InChI=1S/C14H20N6O5/c1-19(2)5-16-14-17-11-8(12(23)18-14)15-6-20(11)13-10(24-3)9(22)7(4-21)25-13/h5-7,9-10,13,21-22H,4H2,1-3H3,(H,17,18,23)/t7-,9-,10-,13-/m1/s1. The number of nitrogens with zero attached hydrogens (tertiary/aromatic N) is 5. The zero-order chi connectivity index (χ0) is 18.1. The molecular formula is C14H20N6O5. The fraction of sp³-hybridized carbons (Fsp3) is 0.571. The van der Waals surface area contributed by atoms with Gasteiger partial charge in [-0.3, -0.25) is 14.3 Å². The van der Waals surface area contributed by atoms with Gasteiger partial charge in [0.15, 0.2) is 17.4 Å². The van der Waals surface area contributed by atoms with Crippen LogP contribution >= 0.6 is 0 Å². The third-order valence-corrected chi connectivity index (χ3v) is 3.87. The van der Waals surface area contributed by atoms with E-state index >= 15 is 0 Å². The van der Waals surface area contributed by atoms with Crippen LogP contribution in [0.25, 0.3) is 11.2 Å². The Morgan fingerprint density at radius 1 is 1.56 bits per heavy atom. The Morgan fingerprint density at radius 2 is 2.32 bits per heavy atom. The first kappa shape index (κ1) is 17.5. The van der Waals surface area contributed by atoms with Crippen LogP contribution in [0.5, 0.6) is 0 Å². The fourth-order valence-electron chi connectivity index (χ4n) is 2.68. The van der Waals surface area contributed by atoms with E-state index in [2.05, 4.69) is 19.9 Å². The van der Waals surface area contributed by atoms with Gasteiger partial charge < -0.3 is 24.6 Å². The zero-order valence-corrected chi connectivity index (χ0v) is 14.0. The van der Waals surface area contributed by atoms with Gasteiger partial charge in [0.1, 0.15) is 18.3 Å². The average Bonchev–Trinajstić information content (AvgIpc) is 3.13. The average molecular weight is 352 g/mol. The summed E-state index contributed by atoms with van der Waals surface area (Å²) in [5.41, 5.74) is -0.0856. The van der Waals surface area contributed by atoms with E-state index in [0.29, 0.717) is 0 Å². The number of hydrogen-bond acceptors (Lipinski definition) is 8. The Bertz CT molecular complexity index is 831. The summed E-state index contributed by atoms with van der Waals surface area (Å²) in [6.07, 6.45) is -0.478. The molecule has 3 heterocycles. The number of rotatable bonds is 5. The Kier molecular flexibility index (Phi) is 4.81. The molecule has 11 heteroatoms. The van der Waals surface area contributed by atoms with Gasteiger partial charge in [0.2, 0.25) is 5.95 Å². The van der Waals surface area contributed by atoms with Crippen molar-refractivity contribution in [3.63, 3.8) is 0 Å². The minimum absolute atomic E-state index is 0.110. The second kappa shape index (κ2) is 6.88. The number of aromatic amines is 1. The predicted octanol–water partition coefficient (Wildman–Crippen LogP) is -1.39. The van der Waals surface area contributed by atoms with Gasteiger partial charge >= 0.3 is 0 Å². The predicted molar refractivity (Wildman–Crippen MR) is 87.8 cm³/mol. The molecular weight excluding hydrogens is 332 g/mol. The van der Waals surface area contributed by atoms with Crippen LogP contribution in [0.4, 0.5) is 5.95 Å². The molecule has 1 aliphatic heterocycles. The summed E-state index contributed by atoms with van der Waals surface area (Å²) in [6.45, 7) is -0.365. The van der Waals surface area contributed by atoms with Crippen molar-refractivity contribution in [2.24, 2.45) is 4.99 Å². The maximum atomic E-state index is 12.2.